The van der Waals surface area contributed by atoms with Crippen LogP contribution in [0.15, 0.2) is 42.5 Å². The summed E-state index contributed by atoms with van der Waals surface area (Å²) in [5.41, 5.74) is 2.79. The highest BCUT2D eigenvalue weighted by Gasteiger charge is 2.15. The third-order valence-electron chi connectivity index (χ3n) is 4.05. The lowest BCUT2D eigenvalue weighted by Crippen LogP contribution is -2.32. The Balaban J connectivity index is 2.08. The lowest BCUT2D eigenvalue weighted by Gasteiger charge is -2.22. The fourth-order valence-corrected chi connectivity index (χ4v) is 2.77. The smallest absolute Gasteiger partial charge is 0.226 e. The van der Waals surface area contributed by atoms with Crippen molar-refractivity contribution in [3.05, 3.63) is 48.0 Å². The average Bonchev–Trinajstić information content (AvgIpc) is 2.61. The molecule has 2 rings (SSSR count). The van der Waals surface area contributed by atoms with Crippen molar-refractivity contribution in [1.82, 2.24) is 0 Å². The summed E-state index contributed by atoms with van der Waals surface area (Å²) in [5.74, 6) is -0.0440. The third-order valence-corrected chi connectivity index (χ3v) is 4.05. The van der Waals surface area contributed by atoms with Crippen molar-refractivity contribution < 1.29 is 19.1 Å². The fourth-order valence-electron chi connectivity index (χ4n) is 2.77. The van der Waals surface area contributed by atoms with Crippen LogP contribution < -0.4 is 20.3 Å². The van der Waals surface area contributed by atoms with Crippen LogP contribution in [-0.4, -0.2) is 31.4 Å². The molecule has 2 aromatic rings. The highest BCUT2D eigenvalue weighted by molar-refractivity contribution is 5.96. The van der Waals surface area contributed by atoms with E-state index < -0.39 is 0 Å². The van der Waals surface area contributed by atoms with Crippen molar-refractivity contribution >= 4 is 34.8 Å². The van der Waals surface area contributed by atoms with E-state index in [9.17, 15) is 14.4 Å². The molecule has 7 heteroatoms. The second-order valence-corrected chi connectivity index (χ2v) is 6.40. The van der Waals surface area contributed by atoms with Crippen LogP contribution in [0.1, 0.15) is 25.8 Å². The Morgan fingerprint density at radius 2 is 1.79 bits per heavy atom. The third kappa shape index (κ3) is 5.84. The molecule has 0 saturated heterocycles. The number of hydrogen-bond acceptors (Lipinski definition) is 4. The van der Waals surface area contributed by atoms with E-state index in [2.05, 4.69) is 10.6 Å². The van der Waals surface area contributed by atoms with Crippen molar-refractivity contribution in [2.75, 3.05) is 29.2 Å². The van der Waals surface area contributed by atoms with Crippen LogP contribution in [0.3, 0.4) is 0 Å². The molecule has 2 aromatic carbocycles. The van der Waals surface area contributed by atoms with E-state index in [0.717, 1.165) is 5.56 Å². The van der Waals surface area contributed by atoms with E-state index in [1.165, 1.54) is 18.7 Å². The number of carbonyl (C=O) groups is 3. The number of methoxy groups -OCH3 is 1. The number of aryl methyl sites for hydroxylation is 1. The van der Waals surface area contributed by atoms with E-state index in [1.807, 2.05) is 19.1 Å². The van der Waals surface area contributed by atoms with Gasteiger partial charge in [0.15, 0.2) is 0 Å². The van der Waals surface area contributed by atoms with Gasteiger partial charge in [0, 0.05) is 38.2 Å². The molecule has 3 amide bonds. The Hall–Kier alpha value is -3.35. The summed E-state index contributed by atoms with van der Waals surface area (Å²) in [5, 5.41) is 5.51. The zero-order chi connectivity index (χ0) is 20.7. The van der Waals surface area contributed by atoms with Gasteiger partial charge in [-0.1, -0.05) is 12.1 Å². The molecule has 0 bridgehead atoms. The van der Waals surface area contributed by atoms with Crippen molar-refractivity contribution in [2.24, 2.45) is 0 Å². The quantitative estimate of drug-likeness (QED) is 0.768. The van der Waals surface area contributed by atoms with E-state index in [1.54, 1.807) is 37.4 Å². The Morgan fingerprint density at radius 3 is 2.43 bits per heavy atom. The molecule has 0 aliphatic heterocycles. The first-order chi connectivity index (χ1) is 13.3. The normalized spacial score (nSPS) is 10.1. The summed E-state index contributed by atoms with van der Waals surface area (Å²) in [7, 11) is 1.54. The molecule has 2 N–H and O–H groups in total. The molecule has 0 saturated carbocycles. The Labute approximate surface area is 164 Å². The molecule has 0 atom stereocenters. The first-order valence-electron chi connectivity index (χ1n) is 8.90. The molecule has 0 radical (unpaired) electrons. The summed E-state index contributed by atoms with van der Waals surface area (Å²) in [4.78, 5) is 37.2. The lowest BCUT2D eigenvalue weighted by atomic mass is 10.2. The van der Waals surface area contributed by atoms with Gasteiger partial charge in [0.1, 0.15) is 5.75 Å². The second-order valence-electron chi connectivity index (χ2n) is 6.40. The van der Waals surface area contributed by atoms with Crippen LogP contribution in [-0.2, 0) is 14.4 Å². The Bertz CT molecular complexity index is 880. The number of benzene rings is 2. The molecule has 28 heavy (non-hydrogen) atoms. The van der Waals surface area contributed by atoms with E-state index in [-0.39, 0.29) is 30.7 Å². The van der Waals surface area contributed by atoms with Gasteiger partial charge in [-0.05, 0) is 42.8 Å². The topological polar surface area (TPSA) is 87.7 Å². The second kappa shape index (κ2) is 9.55. The highest BCUT2D eigenvalue weighted by atomic mass is 16.5. The largest absolute Gasteiger partial charge is 0.495 e. The van der Waals surface area contributed by atoms with Crippen LogP contribution in [0.5, 0.6) is 5.75 Å². The molecule has 0 fully saturated rings. The molecule has 0 spiro atoms. The van der Waals surface area contributed by atoms with Gasteiger partial charge in [0.2, 0.25) is 17.7 Å². The Morgan fingerprint density at radius 1 is 1.04 bits per heavy atom. The van der Waals surface area contributed by atoms with Crippen LogP contribution >= 0.6 is 0 Å². The van der Waals surface area contributed by atoms with Crippen molar-refractivity contribution in [3.63, 3.8) is 0 Å². The fraction of sp³-hybridized carbons (Fsp3) is 0.286. The van der Waals surface area contributed by atoms with Gasteiger partial charge >= 0.3 is 0 Å². The predicted octanol–water partition coefficient (Wildman–Crippen LogP) is 3.34. The highest BCUT2D eigenvalue weighted by Crippen LogP contribution is 2.25. The molecule has 0 aromatic heterocycles. The predicted molar refractivity (Wildman–Crippen MR) is 110 cm³/mol. The molecule has 0 aliphatic carbocycles. The molecule has 0 unspecified atom stereocenters. The number of ether oxygens (including phenoxy) is 1. The van der Waals surface area contributed by atoms with Crippen molar-refractivity contribution in [2.45, 2.75) is 27.2 Å². The van der Waals surface area contributed by atoms with Gasteiger partial charge in [-0.25, -0.2) is 0 Å². The van der Waals surface area contributed by atoms with Gasteiger partial charge in [-0.2, -0.15) is 0 Å². The summed E-state index contributed by atoms with van der Waals surface area (Å²) in [6.45, 7) is 4.99. The van der Waals surface area contributed by atoms with Crippen LogP contribution in [0.25, 0.3) is 0 Å². The molecule has 0 aliphatic rings. The van der Waals surface area contributed by atoms with E-state index in [0.29, 0.717) is 22.8 Å². The first-order valence-corrected chi connectivity index (χ1v) is 8.90. The molecular formula is C21H25N3O4. The molecular weight excluding hydrogens is 358 g/mol. The SMILES string of the molecule is COc1ccc(C)cc1NC(=O)CCN(C(C)=O)c1cccc(NC(C)=O)c1. The molecule has 7 nitrogen and oxygen atoms in total. The van der Waals surface area contributed by atoms with Gasteiger partial charge in [0.25, 0.3) is 0 Å². The summed E-state index contributed by atoms with van der Waals surface area (Å²) >= 11 is 0. The maximum Gasteiger partial charge on any atom is 0.226 e. The monoisotopic (exact) mass is 383 g/mol. The molecule has 0 heterocycles. The Kier molecular flexibility index (Phi) is 7.14. The van der Waals surface area contributed by atoms with Gasteiger partial charge in [-0.15, -0.1) is 0 Å². The zero-order valence-electron chi connectivity index (χ0n) is 16.5. The van der Waals surface area contributed by atoms with Gasteiger partial charge in [0.05, 0.1) is 12.8 Å². The van der Waals surface area contributed by atoms with Crippen LogP contribution in [0, 0.1) is 6.92 Å². The zero-order valence-corrected chi connectivity index (χ0v) is 16.5. The maximum atomic E-state index is 12.4. The standard InChI is InChI=1S/C21H25N3O4/c1-14-8-9-20(28-4)19(12-14)23-21(27)10-11-24(16(3)26)18-7-5-6-17(13-18)22-15(2)25/h5-9,12-13H,10-11H2,1-4H3,(H,22,25)(H,23,27). The summed E-state index contributed by atoms with van der Waals surface area (Å²) < 4.78 is 5.27. The van der Waals surface area contributed by atoms with Crippen molar-refractivity contribution in [1.29, 1.82) is 0 Å². The number of anilines is 3. The van der Waals surface area contributed by atoms with E-state index >= 15 is 0 Å². The number of nitrogens with one attached hydrogen (secondary N) is 2. The average molecular weight is 383 g/mol. The van der Waals surface area contributed by atoms with Crippen LogP contribution in [0.2, 0.25) is 0 Å². The molecule has 148 valence electrons. The minimum atomic E-state index is -0.229. The minimum absolute atomic E-state index is 0.112. The minimum Gasteiger partial charge on any atom is -0.495 e. The van der Waals surface area contributed by atoms with E-state index in [4.69, 9.17) is 4.74 Å². The van der Waals surface area contributed by atoms with Gasteiger partial charge in [-0.3, -0.25) is 14.4 Å². The number of nitrogens with zero attached hydrogens (tertiary/aromatic N) is 1. The maximum absolute atomic E-state index is 12.4. The number of hydrogen-bond donors (Lipinski definition) is 2. The summed E-state index contributed by atoms with van der Waals surface area (Å²) in [6.07, 6.45) is 0.112. The number of amides is 3. The van der Waals surface area contributed by atoms with Gasteiger partial charge < -0.3 is 20.3 Å². The number of rotatable bonds is 7. The van der Waals surface area contributed by atoms with Crippen LogP contribution in [0.4, 0.5) is 17.1 Å². The van der Waals surface area contributed by atoms with Crippen molar-refractivity contribution in [3.8, 4) is 5.75 Å². The number of carbonyl (C=O) groups excluding carboxylic acids is 3. The summed E-state index contributed by atoms with van der Waals surface area (Å²) in [6, 6.07) is 12.5. The first kappa shape index (κ1) is 21.0. The lowest BCUT2D eigenvalue weighted by molar-refractivity contribution is -0.117.